The molecule has 0 spiro atoms. The van der Waals surface area contributed by atoms with Gasteiger partial charge < -0.3 is 0 Å². The van der Waals surface area contributed by atoms with Crippen LogP contribution in [0.2, 0.25) is 20.1 Å². The van der Waals surface area contributed by atoms with Gasteiger partial charge in [-0.25, -0.2) is 0 Å². The molecule has 1 nitrogen and oxygen atoms in total. The second-order valence-corrected chi connectivity index (χ2v) is 6.08. The highest BCUT2D eigenvalue weighted by Crippen LogP contribution is 2.47. The fourth-order valence-corrected chi connectivity index (χ4v) is 3.60. The molecule has 6 heteroatoms. The van der Waals surface area contributed by atoms with E-state index in [1.54, 1.807) is 0 Å². The normalized spacial score (nSPS) is 10.3. The molecule has 0 fully saturated rings. The zero-order chi connectivity index (χ0) is 14.0. The second-order valence-electron chi connectivity index (χ2n) is 3.49. The van der Waals surface area contributed by atoms with Crippen molar-refractivity contribution >= 4 is 58.2 Å². The van der Waals surface area contributed by atoms with E-state index in [1.165, 1.54) is 11.8 Å². The van der Waals surface area contributed by atoms with Crippen molar-refractivity contribution in [1.82, 2.24) is 0 Å². The van der Waals surface area contributed by atoms with Gasteiger partial charge in [-0.3, -0.25) is 0 Å². The average molecular weight is 349 g/mol. The lowest BCUT2D eigenvalue weighted by Crippen LogP contribution is -1.88. The summed E-state index contributed by atoms with van der Waals surface area (Å²) < 4.78 is 0. The average Bonchev–Trinajstić information content (AvgIpc) is 2.43. The molecule has 0 amide bonds. The summed E-state index contributed by atoms with van der Waals surface area (Å²) in [5, 5.41) is 9.71. The first kappa shape index (κ1) is 14.8. The van der Waals surface area contributed by atoms with E-state index >= 15 is 0 Å². The summed E-state index contributed by atoms with van der Waals surface area (Å²) >= 11 is 25.7. The summed E-state index contributed by atoms with van der Waals surface area (Å²) in [6.07, 6.45) is 0. The molecule has 0 aromatic heterocycles. The van der Waals surface area contributed by atoms with Crippen LogP contribution in [-0.2, 0) is 0 Å². The second kappa shape index (κ2) is 6.26. The Morgan fingerprint density at radius 3 is 1.84 bits per heavy atom. The summed E-state index contributed by atoms with van der Waals surface area (Å²) in [5.74, 6) is 0. The van der Waals surface area contributed by atoms with Crippen molar-refractivity contribution < 1.29 is 0 Å². The Bertz CT molecular complexity index is 636. The van der Waals surface area contributed by atoms with Crippen molar-refractivity contribution in [2.75, 3.05) is 0 Å². The molecule has 0 saturated carbocycles. The Morgan fingerprint density at radius 2 is 1.37 bits per heavy atom. The molecule has 19 heavy (non-hydrogen) atoms. The first-order valence-corrected chi connectivity index (χ1v) is 7.38. The number of benzene rings is 2. The molecule has 2 rings (SSSR count). The van der Waals surface area contributed by atoms with Crippen molar-refractivity contribution in [1.29, 1.82) is 5.26 Å². The third-order valence-electron chi connectivity index (χ3n) is 2.30. The number of hydrogen-bond acceptors (Lipinski definition) is 2. The molecule has 0 heterocycles. The predicted molar refractivity (Wildman–Crippen MR) is 81.8 cm³/mol. The quantitative estimate of drug-likeness (QED) is 0.592. The van der Waals surface area contributed by atoms with Crippen LogP contribution >= 0.6 is 58.2 Å². The van der Waals surface area contributed by atoms with Crippen molar-refractivity contribution in [2.45, 2.75) is 9.79 Å². The first-order chi connectivity index (χ1) is 9.06. The molecule has 2 aromatic carbocycles. The van der Waals surface area contributed by atoms with Gasteiger partial charge >= 0.3 is 0 Å². The van der Waals surface area contributed by atoms with Crippen LogP contribution in [0.25, 0.3) is 0 Å². The van der Waals surface area contributed by atoms with Crippen LogP contribution in [0.5, 0.6) is 0 Å². The molecule has 0 N–H and O–H groups in total. The smallest absolute Gasteiger partial charge is 0.102 e. The predicted octanol–water partition coefficient (Wildman–Crippen LogP) is 6.32. The monoisotopic (exact) mass is 347 g/mol. The minimum atomic E-state index is 0.0933. The van der Waals surface area contributed by atoms with E-state index in [9.17, 15) is 0 Å². The third kappa shape index (κ3) is 2.97. The van der Waals surface area contributed by atoms with Gasteiger partial charge in [0, 0.05) is 4.90 Å². The maximum Gasteiger partial charge on any atom is 0.102 e. The van der Waals surface area contributed by atoms with E-state index in [4.69, 9.17) is 51.7 Å². The standard InChI is InChI=1S/C13H5Cl4NS/c14-9-8(6-18)10(15)12(17)13(11(9)16)19-7-4-2-1-3-5-7/h1-5H. The van der Waals surface area contributed by atoms with Gasteiger partial charge in [0.2, 0.25) is 0 Å². The van der Waals surface area contributed by atoms with Gasteiger partial charge in [0.1, 0.15) is 6.07 Å². The van der Waals surface area contributed by atoms with Crippen molar-refractivity contribution in [3.05, 3.63) is 56.0 Å². The maximum atomic E-state index is 8.99. The van der Waals surface area contributed by atoms with Crippen LogP contribution in [0.15, 0.2) is 40.1 Å². The van der Waals surface area contributed by atoms with Crippen LogP contribution < -0.4 is 0 Å². The minimum Gasteiger partial charge on any atom is -0.192 e. The fraction of sp³-hybridized carbons (Fsp3) is 0. The van der Waals surface area contributed by atoms with E-state index in [0.29, 0.717) is 4.90 Å². The lowest BCUT2D eigenvalue weighted by atomic mass is 10.2. The first-order valence-electron chi connectivity index (χ1n) is 5.05. The molecule has 0 atom stereocenters. The molecule has 2 aromatic rings. The van der Waals surface area contributed by atoms with E-state index in [2.05, 4.69) is 0 Å². The molecular weight excluding hydrogens is 344 g/mol. The zero-order valence-corrected chi connectivity index (χ0v) is 13.1. The van der Waals surface area contributed by atoms with Gasteiger partial charge in [0.25, 0.3) is 0 Å². The molecule has 0 bridgehead atoms. The van der Waals surface area contributed by atoms with Gasteiger partial charge in [0.05, 0.1) is 30.5 Å². The molecule has 0 aliphatic carbocycles. The van der Waals surface area contributed by atoms with Crippen molar-refractivity contribution in [3.63, 3.8) is 0 Å². The summed E-state index contributed by atoms with van der Waals surface area (Å²) in [6.45, 7) is 0. The Balaban J connectivity index is 2.57. The number of hydrogen-bond donors (Lipinski definition) is 0. The number of nitriles is 1. The van der Waals surface area contributed by atoms with E-state index in [1.807, 2.05) is 36.4 Å². The van der Waals surface area contributed by atoms with E-state index in [-0.39, 0.29) is 25.7 Å². The highest BCUT2D eigenvalue weighted by atomic mass is 35.5. The van der Waals surface area contributed by atoms with Gasteiger partial charge in [-0.05, 0) is 12.1 Å². The molecule has 0 radical (unpaired) electrons. The van der Waals surface area contributed by atoms with E-state index in [0.717, 1.165) is 4.90 Å². The van der Waals surface area contributed by atoms with Crippen LogP contribution in [-0.4, -0.2) is 0 Å². The Labute approximate surface area is 135 Å². The fourth-order valence-electron chi connectivity index (χ4n) is 1.41. The summed E-state index contributed by atoms with van der Waals surface area (Å²) in [4.78, 5) is 1.49. The molecule has 0 aliphatic rings. The highest BCUT2D eigenvalue weighted by molar-refractivity contribution is 7.99. The molecule has 0 saturated heterocycles. The molecule has 96 valence electrons. The minimum absolute atomic E-state index is 0.0933. The lowest BCUT2D eigenvalue weighted by molar-refractivity contribution is 1.38. The van der Waals surface area contributed by atoms with Gasteiger partial charge in [0.15, 0.2) is 0 Å². The van der Waals surface area contributed by atoms with Crippen molar-refractivity contribution in [3.8, 4) is 6.07 Å². The number of halogens is 4. The summed E-state index contributed by atoms with van der Waals surface area (Å²) in [6, 6.07) is 11.4. The SMILES string of the molecule is N#Cc1c(Cl)c(Cl)c(Sc2ccccc2)c(Cl)c1Cl. The molecule has 0 unspecified atom stereocenters. The van der Waals surface area contributed by atoms with Gasteiger partial charge in [-0.15, -0.1) is 0 Å². The third-order valence-corrected chi connectivity index (χ3v) is 5.35. The highest BCUT2D eigenvalue weighted by Gasteiger charge is 2.20. The Morgan fingerprint density at radius 1 is 0.842 bits per heavy atom. The molecule has 0 aliphatic heterocycles. The van der Waals surface area contributed by atoms with Crippen molar-refractivity contribution in [2.24, 2.45) is 0 Å². The van der Waals surface area contributed by atoms with E-state index < -0.39 is 0 Å². The van der Waals surface area contributed by atoms with Crippen LogP contribution in [0, 0.1) is 11.3 Å². The lowest BCUT2D eigenvalue weighted by Gasteiger charge is -2.11. The van der Waals surface area contributed by atoms with Gasteiger partial charge in [-0.1, -0.05) is 76.4 Å². The Hall–Kier alpha value is -0.560. The number of rotatable bonds is 2. The Kier molecular flexibility index (Phi) is 4.89. The summed E-state index contributed by atoms with van der Waals surface area (Å²) in [7, 11) is 0. The zero-order valence-electron chi connectivity index (χ0n) is 9.25. The summed E-state index contributed by atoms with van der Waals surface area (Å²) in [5.41, 5.74) is 0.0933. The molecular formula is C13H5Cl4NS. The maximum absolute atomic E-state index is 8.99. The van der Waals surface area contributed by atoms with Gasteiger partial charge in [-0.2, -0.15) is 5.26 Å². The topological polar surface area (TPSA) is 23.8 Å². The number of nitrogens with zero attached hydrogens (tertiary/aromatic N) is 1. The van der Waals surface area contributed by atoms with Crippen LogP contribution in [0.1, 0.15) is 5.56 Å². The van der Waals surface area contributed by atoms with Crippen LogP contribution in [0.4, 0.5) is 0 Å². The van der Waals surface area contributed by atoms with Crippen LogP contribution in [0.3, 0.4) is 0 Å². The largest absolute Gasteiger partial charge is 0.192 e.